The molecule has 0 radical (unpaired) electrons. The lowest BCUT2D eigenvalue weighted by molar-refractivity contribution is 0.248. The molecule has 2 rings (SSSR count). The Hall–Kier alpha value is -1.37. The van der Waals surface area contributed by atoms with Crippen molar-refractivity contribution in [3.05, 3.63) is 40.6 Å². The Morgan fingerprint density at radius 2 is 2.17 bits per heavy atom. The molecule has 0 aliphatic carbocycles. The molecule has 0 aliphatic rings. The summed E-state index contributed by atoms with van der Waals surface area (Å²) in [6.45, 7) is -0.112. The van der Waals surface area contributed by atoms with Gasteiger partial charge in [-0.05, 0) is 58.5 Å². The van der Waals surface area contributed by atoms with E-state index in [1.54, 1.807) is 6.07 Å². The quantitative estimate of drug-likeness (QED) is 0.756. The van der Waals surface area contributed by atoms with Gasteiger partial charge in [0.2, 0.25) is 0 Å². The minimum absolute atomic E-state index is 0.112. The first kappa shape index (κ1) is 13.1. The minimum Gasteiger partial charge on any atom is -0.459 e. The first-order valence-corrected chi connectivity index (χ1v) is 6.36. The average molecular weight is 327 g/mol. The fourth-order valence-electron chi connectivity index (χ4n) is 1.54. The van der Waals surface area contributed by atoms with Gasteiger partial charge in [-0.25, -0.2) is 0 Å². The Morgan fingerprint density at radius 1 is 1.39 bits per heavy atom. The average Bonchev–Trinajstić information content (AvgIpc) is 2.76. The Kier molecular flexibility index (Phi) is 4.00. The van der Waals surface area contributed by atoms with Gasteiger partial charge in [-0.1, -0.05) is 0 Å². The molecular formula is C12H11BrN2O2S. The van der Waals surface area contributed by atoms with Gasteiger partial charge in [-0.3, -0.25) is 0 Å². The Labute approximate surface area is 118 Å². The van der Waals surface area contributed by atoms with Gasteiger partial charge in [-0.2, -0.15) is 0 Å². The molecule has 94 valence electrons. The predicted molar refractivity (Wildman–Crippen MR) is 78.2 cm³/mol. The van der Waals surface area contributed by atoms with Crippen LogP contribution in [0.2, 0.25) is 0 Å². The third-order valence-corrected chi connectivity index (χ3v) is 3.08. The van der Waals surface area contributed by atoms with E-state index in [1.165, 1.54) is 0 Å². The molecule has 0 atom stereocenters. The van der Waals surface area contributed by atoms with Gasteiger partial charge in [0, 0.05) is 15.7 Å². The van der Waals surface area contributed by atoms with Crippen LogP contribution in [0, 0.1) is 0 Å². The van der Waals surface area contributed by atoms with Gasteiger partial charge in [0.1, 0.15) is 18.1 Å². The molecule has 0 amide bonds. The molecule has 0 saturated heterocycles. The molecular weight excluding hydrogens is 316 g/mol. The van der Waals surface area contributed by atoms with Crippen molar-refractivity contribution in [2.24, 2.45) is 5.73 Å². The van der Waals surface area contributed by atoms with Gasteiger partial charge in [0.15, 0.2) is 5.11 Å². The second-order valence-corrected chi connectivity index (χ2v) is 4.90. The van der Waals surface area contributed by atoms with E-state index in [1.807, 2.05) is 24.3 Å². The van der Waals surface area contributed by atoms with Crippen molar-refractivity contribution in [1.29, 1.82) is 0 Å². The number of thiocarbonyl (C=S) groups is 1. The van der Waals surface area contributed by atoms with E-state index in [2.05, 4.69) is 21.2 Å². The Morgan fingerprint density at radius 3 is 2.72 bits per heavy atom. The molecule has 1 aromatic carbocycles. The number of aliphatic hydroxyl groups excluding tert-OH is 1. The molecule has 4 N–H and O–H groups in total. The van der Waals surface area contributed by atoms with Crippen molar-refractivity contribution in [2.75, 3.05) is 5.32 Å². The molecule has 4 nitrogen and oxygen atoms in total. The summed E-state index contributed by atoms with van der Waals surface area (Å²) in [5.41, 5.74) is 7.09. The maximum Gasteiger partial charge on any atom is 0.168 e. The van der Waals surface area contributed by atoms with Crippen LogP contribution in [0.5, 0.6) is 0 Å². The number of rotatable bonds is 3. The van der Waals surface area contributed by atoms with Gasteiger partial charge >= 0.3 is 0 Å². The van der Waals surface area contributed by atoms with Crippen LogP contribution in [0.1, 0.15) is 5.76 Å². The van der Waals surface area contributed by atoms with Gasteiger partial charge < -0.3 is 20.6 Å². The van der Waals surface area contributed by atoms with Crippen LogP contribution < -0.4 is 11.1 Å². The first-order chi connectivity index (χ1) is 8.60. The number of anilines is 1. The number of nitrogens with one attached hydrogen (secondary N) is 1. The van der Waals surface area contributed by atoms with Crippen LogP contribution in [-0.4, -0.2) is 10.2 Å². The van der Waals surface area contributed by atoms with Crippen molar-refractivity contribution >= 4 is 38.9 Å². The van der Waals surface area contributed by atoms with Crippen molar-refractivity contribution in [2.45, 2.75) is 6.61 Å². The monoisotopic (exact) mass is 326 g/mol. The van der Waals surface area contributed by atoms with Gasteiger partial charge in [0.25, 0.3) is 0 Å². The fraction of sp³-hybridized carbons (Fsp3) is 0.0833. The second kappa shape index (κ2) is 5.51. The Bertz CT molecular complexity index is 583. The number of nitrogens with two attached hydrogens (primary N) is 1. The second-order valence-electron chi connectivity index (χ2n) is 3.61. The molecule has 0 spiro atoms. The Balaban J connectivity index is 2.32. The van der Waals surface area contributed by atoms with E-state index in [9.17, 15) is 0 Å². The predicted octanol–water partition coefficient (Wildman–Crippen LogP) is 2.86. The van der Waals surface area contributed by atoms with Crippen molar-refractivity contribution in [3.8, 4) is 11.3 Å². The summed E-state index contributed by atoms with van der Waals surface area (Å²) in [5, 5.41) is 12.0. The van der Waals surface area contributed by atoms with Crippen molar-refractivity contribution in [1.82, 2.24) is 0 Å². The van der Waals surface area contributed by atoms with E-state index in [-0.39, 0.29) is 11.7 Å². The highest BCUT2D eigenvalue weighted by molar-refractivity contribution is 9.10. The first-order valence-electron chi connectivity index (χ1n) is 5.16. The van der Waals surface area contributed by atoms with E-state index in [0.717, 1.165) is 15.7 Å². The zero-order chi connectivity index (χ0) is 13.1. The minimum atomic E-state index is -0.112. The molecule has 0 fully saturated rings. The maximum absolute atomic E-state index is 8.97. The van der Waals surface area contributed by atoms with Crippen molar-refractivity contribution < 1.29 is 9.52 Å². The molecule has 1 aromatic heterocycles. The molecule has 6 heteroatoms. The topological polar surface area (TPSA) is 71.4 Å². The summed E-state index contributed by atoms with van der Waals surface area (Å²) < 4.78 is 6.32. The summed E-state index contributed by atoms with van der Waals surface area (Å²) in [7, 11) is 0. The molecule has 0 saturated carbocycles. The maximum atomic E-state index is 8.97. The summed E-state index contributed by atoms with van der Waals surface area (Å²) >= 11 is 8.23. The summed E-state index contributed by atoms with van der Waals surface area (Å²) in [6, 6.07) is 9.13. The van der Waals surface area contributed by atoms with Gasteiger partial charge in [0.05, 0.1) is 0 Å². The normalized spacial score (nSPS) is 10.3. The highest BCUT2D eigenvalue weighted by atomic mass is 79.9. The lowest BCUT2D eigenvalue weighted by Gasteiger charge is -2.07. The lowest BCUT2D eigenvalue weighted by Crippen LogP contribution is -2.18. The molecule has 1 heterocycles. The third kappa shape index (κ3) is 2.90. The summed E-state index contributed by atoms with van der Waals surface area (Å²) in [4.78, 5) is 0. The lowest BCUT2D eigenvalue weighted by atomic mass is 10.1. The van der Waals surface area contributed by atoms with Crippen LogP contribution in [0.25, 0.3) is 11.3 Å². The van der Waals surface area contributed by atoms with Crippen LogP contribution in [0.4, 0.5) is 5.69 Å². The van der Waals surface area contributed by atoms with Gasteiger partial charge in [-0.15, -0.1) is 0 Å². The smallest absolute Gasteiger partial charge is 0.168 e. The fourth-order valence-corrected chi connectivity index (χ4v) is 2.23. The number of benzene rings is 1. The number of aliphatic hydroxyl groups is 1. The molecule has 0 unspecified atom stereocenters. The standard InChI is InChI=1S/C12H11BrN2O2S/c13-10-5-7(15-12(14)18)1-3-9(10)11-4-2-8(6-16)17-11/h1-5,16H,6H2,(H3,14,15,18). The molecule has 18 heavy (non-hydrogen) atoms. The van der Waals surface area contributed by atoms with E-state index < -0.39 is 0 Å². The van der Waals surface area contributed by atoms with Crippen LogP contribution in [0.3, 0.4) is 0 Å². The number of hydrogen-bond acceptors (Lipinski definition) is 3. The zero-order valence-electron chi connectivity index (χ0n) is 9.31. The summed E-state index contributed by atoms with van der Waals surface area (Å²) in [6.07, 6.45) is 0. The molecule has 0 aliphatic heterocycles. The highest BCUT2D eigenvalue weighted by Gasteiger charge is 2.09. The molecule has 2 aromatic rings. The van der Waals surface area contributed by atoms with Crippen LogP contribution in [0.15, 0.2) is 39.2 Å². The van der Waals surface area contributed by atoms with E-state index in [4.69, 9.17) is 27.5 Å². The highest BCUT2D eigenvalue weighted by Crippen LogP contribution is 2.31. The molecule has 0 bridgehead atoms. The third-order valence-electron chi connectivity index (χ3n) is 2.32. The number of furan rings is 1. The van der Waals surface area contributed by atoms with E-state index >= 15 is 0 Å². The largest absolute Gasteiger partial charge is 0.459 e. The number of halogens is 1. The SMILES string of the molecule is NC(=S)Nc1ccc(-c2ccc(CO)o2)c(Br)c1. The van der Waals surface area contributed by atoms with E-state index in [0.29, 0.717) is 11.5 Å². The van der Waals surface area contributed by atoms with Crippen LogP contribution in [-0.2, 0) is 6.61 Å². The summed E-state index contributed by atoms with van der Waals surface area (Å²) in [5.74, 6) is 1.22. The van der Waals surface area contributed by atoms with Crippen molar-refractivity contribution in [3.63, 3.8) is 0 Å². The van der Waals surface area contributed by atoms with Crippen LogP contribution >= 0.6 is 28.1 Å². The zero-order valence-corrected chi connectivity index (χ0v) is 11.7. The number of hydrogen-bond donors (Lipinski definition) is 3.